The van der Waals surface area contributed by atoms with E-state index in [1.54, 1.807) is 0 Å². The first-order valence-corrected chi connectivity index (χ1v) is 11.2. The van der Waals surface area contributed by atoms with Crippen molar-refractivity contribution in [1.82, 2.24) is 5.32 Å². The molecule has 0 saturated carbocycles. The quantitative estimate of drug-likeness (QED) is 0.544. The molecule has 2 nitrogen and oxygen atoms in total. The molecule has 3 heteroatoms. The van der Waals surface area contributed by atoms with E-state index in [9.17, 15) is 0 Å². The minimum absolute atomic E-state index is 0.0156. The first-order valence-electron chi connectivity index (χ1n) is 10.2. The molecule has 0 saturated heterocycles. The summed E-state index contributed by atoms with van der Waals surface area (Å²) in [6, 6.07) is 23.7. The highest BCUT2D eigenvalue weighted by Crippen LogP contribution is 2.35. The van der Waals surface area contributed by atoms with Crippen LogP contribution in [0.3, 0.4) is 0 Å². The van der Waals surface area contributed by atoms with Crippen LogP contribution in [0.4, 0.5) is 0 Å². The maximum Gasteiger partial charge on any atom is 0.131 e. The Bertz CT molecular complexity index is 945. The van der Waals surface area contributed by atoms with Gasteiger partial charge in [0.1, 0.15) is 12.4 Å². The van der Waals surface area contributed by atoms with Gasteiger partial charge in [0.2, 0.25) is 0 Å². The number of hydrogen-bond donors (Lipinski definition) is 1. The fraction of sp³-hybridized carbons (Fsp3) is 0.308. The van der Waals surface area contributed by atoms with Crippen molar-refractivity contribution in [2.24, 2.45) is 0 Å². The van der Waals surface area contributed by atoms with Crippen LogP contribution in [-0.4, -0.2) is 7.05 Å². The van der Waals surface area contributed by atoms with Crippen LogP contribution in [-0.2, 0) is 18.6 Å². The van der Waals surface area contributed by atoms with Crippen molar-refractivity contribution >= 4 is 19.2 Å². The van der Waals surface area contributed by atoms with Crippen molar-refractivity contribution < 1.29 is 4.74 Å². The smallest absolute Gasteiger partial charge is 0.131 e. The van der Waals surface area contributed by atoms with Gasteiger partial charge in [0, 0.05) is 17.4 Å². The maximum absolute atomic E-state index is 6.50. The van der Waals surface area contributed by atoms with Crippen LogP contribution in [0, 0.1) is 6.92 Å². The van der Waals surface area contributed by atoms with E-state index >= 15 is 0 Å². The van der Waals surface area contributed by atoms with E-state index < -0.39 is 0 Å². The van der Waals surface area contributed by atoms with Crippen LogP contribution in [0.15, 0.2) is 66.7 Å². The molecular weight excluding hydrogens is 373 g/mol. The normalized spacial score (nSPS) is 11.9. The van der Waals surface area contributed by atoms with E-state index in [0.29, 0.717) is 15.2 Å². The van der Waals surface area contributed by atoms with Gasteiger partial charge in [-0.05, 0) is 47.4 Å². The van der Waals surface area contributed by atoms with Gasteiger partial charge in [-0.2, -0.15) is 0 Å². The van der Waals surface area contributed by atoms with Crippen molar-refractivity contribution in [3.05, 3.63) is 89.0 Å². The minimum atomic E-state index is 0.0156. The summed E-state index contributed by atoms with van der Waals surface area (Å²) < 4.78 is 6.50. The summed E-state index contributed by atoms with van der Waals surface area (Å²) in [6.45, 7) is 10.4. The molecule has 0 aliphatic carbocycles. The molecular formula is C26H32NOP. The van der Waals surface area contributed by atoms with E-state index in [-0.39, 0.29) is 5.41 Å². The molecule has 3 rings (SSSR count). The minimum Gasteiger partial charge on any atom is -0.488 e. The Morgan fingerprint density at radius 1 is 0.897 bits per heavy atom. The number of benzene rings is 3. The predicted molar refractivity (Wildman–Crippen MR) is 127 cm³/mol. The third-order valence-electron chi connectivity index (χ3n) is 4.92. The van der Waals surface area contributed by atoms with E-state index in [4.69, 9.17) is 4.74 Å². The molecule has 1 unspecified atom stereocenters. The van der Waals surface area contributed by atoms with Gasteiger partial charge >= 0.3 is 0 Å². The van der Waals surface area contributed by atoms with Crippen LogP contribution in [0.2, 0.25) is 0 Å². The Kier molecular flexibility index (Phi) is 7.11. The molecule has 0 bridgehead atoms. The lowest BCUT2D eigenvalue weighted by molar-refractivity contribution is 0.300. The average Bonchev–Trinajstić information content (AvgIpc) is 2.68. The summed E-state index contributed by atoms with van der Waals surface area (Å²) in [5.74, 6) is 1.05. The summed E-state index contributed by atoms with van der Waals surface area (Å²) in [4.78, 5) is 0. The monoisotopic (exact) mass is 405 g/mol. The van der Waals surface area contributed by atoms with E-state index in [1.807, 2.05) is 13.1 Å². The molecule has 0 radical (unpaired) electrons. The average molecular weight is 406 g/mol. The molecule has 152 valence electrons. The lowest BCUT2D eigenvalue weighted by Crippen LogP contribution is -2.21. The van der Waals surface area contributed by atoms with Crippen LogP contribution >= 0.6 is 8.58 Å². The van der Waals surface area contributed by atoms with Crippen molar-refractivity contribution in [1.29, 1.82) is 0 Å². The van der Waals surface area contributed by atoms with Gasteiger partial charge in [0.15, 0.2) is 0 Å². The topological polar surface area (TPSA) is 21.3 Å². The predicted octanol–water partition coefficient (Wildman–Crippen LogP) is 5.22. The summed E-state index contributed by atoms with van der Waals surface area (Å²) in [6.07, 6.45) is 0. The largest absolute Gasteiger partial charge is 0.488 e. The molecule has 3 aromatic carbocycles. The number of ether oxygens (including phenoxy) is 1. The number of nitrogens with one attached hydrogen (secondary N) is 1. The lowest BCUT2D eigenvalue weighted by atomic mass is 9.85. The Morgan fingerprint density at radius 3 is 2.28 bits per heavy atom. The maximum atomic E-state index is 6.50. The molecule has 3 aromatic rings. The third kappa shape index (κ3) is 5.69. The van der Waals surface area contributed by atoms with Gasteiger partial charge in [-0.25, -0.2) is 0 Å². The summed E-state index contributed by atoms with van der Waals surface area (Å²) in [5, 5.41) is 5.95. The molecule has 1 N–H and O–H groups in total. The number of rotatable bonds is 7. The van der Waals surface area contributed by atoms with E-state index in [1.165, 1.54) is 32.9 Å². The van der Waals surface area contributed by atoms with Crippen molar-refractivity contribution in [3.8, 4) is 5.75 Å². The first-order chi connectivity index (χ1) is 13.9. The van der Waals surface area contributed by atoms with Gasteiger partial charge in [0.05, 0.1) is 0 Å². The van der Waals surface area contributed by atoms with Crippen molar-refractivity contribution in [2.75, 3.05) is 7.05 Å². The summed E-state index contributed by atoms with van der Waals surface area (Å²) in [5.41, 5.74) is 5.12. The second-order valence-electron chi connectivity index (χ2n) is 8.53. The molecule has 0 amide bonds. The van der Waals surface area contributed by atoms with Gasteiger partial charge < -0.3 is 10.1 Å². The second kappa shape index (κ2) is 9.57. The molecule has 0 spiro atoms. The SMILES string of the molecule is CNCc1ccccc1Pc1cc(C)cc(C(C)(C)C)c1OCc1ccccc1. The van der Waals surface area contributed by atoms with Crippen molar-refractivity contribution in [3.63, 3.8) is 0 Å². The van der Waals surface area contributed by atoms with Crippen LogP contribution < -0.4 is 20.7 Å². The highest BCUT2D eigenvalue weighted by molar-refractivity contribution is 7.55. The van der Waals surface area contributed by atoms with Gasteiger partial charge in [-0.1, -0.05) is 90.0 Å². The number of hydrogen-bond acceptors (Lipinski definition) is 2. The third-order valence-corrected chi connectivity index (χ3v) is 6.32. The second-order valence-corrected chi connectivity index (χ2v) is 9.85. The van der Waals surface area contributed by atoms with E-state index in [2.05, 4.69) is 93.7 Å². The highest BCUT2D eigenvalue weighted by atomic mass is 31.1. The fourth-order valence-corrected chi connectivity index (χ4v) is 4.86. The zero-order chi connectivity index (χ0) is 20.9. The Hall–Kier alpha value is -2.15. The Morgan fingerprint density at radius 2 is 1.59 bits per heavy atom. The summed E-state index contributed by atoms with van der Waals surface area (Å²) >= 11 is 0. The molecule has 0 fully saturated rings. The van der Waals surface area contributed by atoms with Gasteiger partial charge in [-0.3, -0.25) is 0 Å². The van der Waals surface area contributed by atoms with Crippen LogP contribution in [0.25, 0.3) is 0 Å². The number of aryl methyl sites for hydroxylation is 1. The molecule has 0 aliphatic rings. The van der Waals surface area contributed by atoms with Crippen LogP contribution in [0.5, 0.6) is 5.75 Å². The Balaban J connectivity index is 2.02. The summed E-state index contributed by atoms with van der Waals surface area (Å²) in [7, 11) is 2.56. The molecule has 0 aliphatic heterocycles. The zero-order valence-electron chi connectivity index (χ0n) is 18.2. The molecule has 29 heavy (non-hydrogen) atoms. The first kappa shape index (κ1) is 21.6. The van der Waals surface area contributed by atoms with Crippen molar-refractivity contribution in [2.45, 2.75) is 46.3 Å². The molecule has 0 heterocycles. The van der Waals surface area contributed by atoms with Crippen LogP contribution in [0.1, 0.15) is 43.0 Å². The zero-order valence-corrected chi connectivity index (χ0v) is 19.2. The highest BCUT2D eigenvalue weighted by Gasteiger charge is 2.23. The van der Waals surface area contributed by atoms with E-state index in [0.717, 1.165) is 12.3 Å². The fourth-order valence-electron chi connectivity index (χ4n) is 3.44. The standard InChI is InChI=1S/C26H32NOP/c1-19-15-22(26(2,3)4)25(28-18-20-11-7-6-8-12-20)24(16-19)29-23-14-10-9-13-21(23)17-27-5/h6-16,27,29H,17-18H2,1-5H3. The van der Waals surface area contributed by atoms with Gasteiger partial charge in [0.25, 0.3) is 0 Å². The lowest BCUT2D eigenvalue weighted by Gasteiger charge is -2.26. The molecule has 1 atom stereocenters. The Labute approximate surface area is 177 Å². The molecule has 0 aromatic heterocycles. The van der Waals surface area contributed by atoms with Gasteiger partial charge in [-0.15, -0.1) is 0 Å².